The number of nitrogens with zero attached hydrogens (tertiary/aromatic N) is 5. The number of fused-ring (bicyclic) bond motifs is 1. The van der Waals surface area contributed by atoms with E-state index >= 15 is 0 Å². The molecule has 40 heavy (non-hydrogen) atoms. The summed E-state index contributed by atoms with van der Waals surface area (Å²) >= 11 is 6.19. The number of aliphatic carboxylic acids is 2. The monoisotopic (exact) mass is 573 g/mol. The quantitative estimate of drug-likeness (QED) is 0.146. The van der Waals surface area contributed by atoms with Crippen molar-refractivity contribution >= 4 is 40.5 Å². The van der Waals surface area contributed by atoms with Gasteiger partial charge >= 0.3 is 11.9 Å². The van der Waals surface area contributed by atoms with Gasteiger partial charge in [0.2, 0.25) is 5.28 Å². The molecule has 0 saturated carbocycles. The molecule has 4 rings (SSSR count). The predicted molar refractivity (Wildman–Crippen MR) is 142 cm³/mol. The summed E-state index contributed by atoms with van der Waals surface area (Å²) in [5.41, 5.74) is -4.21. The molecule has 0 aliphatic carbocycles. The second kappa shape index (κ2) is 11.4. The highest BCUT2D eigenvalue weighted by atomic mass is 35.5. The van der Waals surface area contributed by atoms with Gasteiger partial charge in [-0.2, -0.15) is 9.97 Å². The third-order valence-corrected chi connectivity index (χ3v) is 7.10. The second-order valence-corrected chi connectivity index (χ2v) is 9.49. The number of ether oxygens (including phenoxy) is 2. The van der Waals surface area contributed by atoms with Crippen molar-refractivity contribution in [3.05, 3.63) is 47.5 Å². The first-order chi connectivity index (χ1) is 19.0. The first-order valence-corrected chi connectivity index (χ1v) is 12.7. The number of anilines is 1. The van der Waals surface area contributed by atoms with E-state index in [0.717, 1.165) is 0 Å². The topological polar surface area (TPSA) is 180 Å². The number of terminal acetylenes is 1. The fraction of sp³-hybridized carbons (Fsp3) is 0.423. The largest absolute Gasteiger partial charge is 0.479 e. The van der Waals surface area contributed by atoms with Gasteiger partial charge in [0.25, 0.3) is 5.60 Å². The van der Waals surface area contributed by atoms with E-state index in [1.54, 1.807) is 30.3 Å². The van der Waals surface area contributed by atoms with Crippen molar-refractivity contribution in [3.63, 3.8) is 0 Å². The Bertz CT molecular complexity index is 1430. The molecule has 1 fully saturated rings. The smallest absolute Gasteiger partial charge is 0.348 e. The number of rotatable bonds is 11. The van der Waals surface area contributed by atoms with Gasteiger partial charge in [-0.05, 0) is 31.0 Å². The van der Waals surface area contributed by atoms with Crippen molar-refractivity contribution in [1.29, 1.82) is 0 Å². The highest BCUT2D eigenvalue weighted by Crippen LogP contribution is 2.40. The van der Waals surface area contributed by atoms with Gasteiger partial charge in [0, 0.05) is 19.5 Å². The summed E-state index contributed by atoms with van der Waals surface area (Å²) in [6.45, 7) is 4.27. The van der Waals surface area contributed by atoms with Crippen molar-refractivity contribution in [3.8, 4) is 12.3 Å². The standard InChI is InChI=1S/C26H28ClN5O8/c1-4-25(38)16(13-39-26(22(34)35,23(36)37)12-15-10-8-7-9-11-15)40-21(18(25)33)32-14-28-17-19(31(5-2)6-3)29-24(27)30-20(17)32/h1,7-11,14,16,18,21,33,38H,5-6,12-13H2,2-3H3,(H,34,35)(H,36,37)/t16-,18+,21-,25-/m1/s1. The number of benzene rings is 1. The van der Waals surface area contributed by atoms with Gasteiger partial charge in [0.15, 0.2) is 28.8 Å². The molecule has 212 valence electrons. The van der Waals surface area contributed by atoms with Crippen LogP contribution in [-0.4, -0.2) is 95.0 Å². The van der Waals surface area contributed by atoms with Gasteiger partial charge in [-0.1, -0.05) is 36.3 Å². The summed E-state index contributed by atoms with van der Waals surface area (Å²) in [6, 6.07) is 8.05. The van der Waals surface area contributed by atoms with E-state index in [1.165, 1.54) is 10.9 Å². The van der Waals surface area contributed by atoms with E-state index in [4.69, 9.17) is 27.5 Å². The number of halogens is 1. The highest BCUT2D eigenvalue weighted by Gasteiger charge is 2.58. The van der Waals surface area contributed by atoms with Crippen LogP contribution in [0.4, 0.5) is 5.82 Å². The summed E-state index contributed by atoms with van der Waals surface area (Å²) in [4.78, 5) is 39.1. The van der Waals surface area contributed by atoms with Crippen LogP contribution in [0.25, 0.3) is 11.2 Å². The Morgan fingerprint density at radius 2 is 1.88 bits per heavy atom. The minimum Gasteiger partial charge on any atom is -0.479 e. The van der Waals surface area contributed by atoms with Crippen molar-refractivity contribution in [2.75, 3.05) is 24.6 Å². The summed E-state index contributed by atoms with van der Waals surface area (Å²) in [5.74, 6) is -0.990. The Kier molecular flexibility index (Phi) is 8.29. The van der Waals surface area contributed by atoms with Crippen molar-refractivity contribution in [1.82, 2.24) is 19.5 Å². The molecule has 13 nitrogen and oxygen atoms in total. The van der Waals surface area contributed by atoms with Gasteiger partial charge < -0.3 is 34.8 Å². The molecule has 4 atom stereocenters. The minimum atomic E-state index is -2.73. The summed E-state index contributed by atoms with van der Waals surface area (Å²) in [5, 5.41) is 42.0. The average molecular weight is 574 g/mol. The molecule has 1 aliphatic rings. The number of aromatic nitrogens is 4. The Hall–Kier alpha value is -3.80. The van der Waals surface area contributed by atoms with E-state index in [0.29, 0.717) is 30.0 Å². The zero-order chi connectivity index (χ0) is 29.2. The Morgan fingerprint density at radius 3 is 2.45 bits per heavy atom. The maximum atomic E-state index is 12.2. The van der Waals surface area contributed by atoms with Crippen LogP contribution in [0.2, 0.25) is 5.28 Å². The lowest BCUT2D eigenvalue weighted by atomic mass is 9.92. The van der Waals surface area contributed by atoms with Gasteiger partial charge in [0.05, 0.1) is 12.9 Å². The molecule has 4 N–H and O–H groups in total. The number of aliphatic hydroxyl groups is 2. The summed E-state index contributed by atoms with van der Waals surface area (Å²) in [7, 11) is 0. The lowest BCUT2D eigenvalue weighted by molar-refractivity contribution is -0.191. The molecule has 3 heterocycles. The summed E-state index contributed by atoms with van der Waals surface area (Å²) in [6.07, 6.45) is 1.68. The maximum absolute atomic E-state index is 12.2. The molecule has 3 aromatic rings. The molecule has 0 bridgehead atoms. The molecule has 1 saturated heterocycles. The maximum Gasteiger partial charge on any atom is 0.348 e. The van der Waals surface area contributed by atoms with Crippen molar-refractivity contribution in [2.24, 2.45) is 0 Å². The van der Waals surface area contributed by atoms with E-state index < -0.39 is 54.6 Å². The van der Waals surface area contributed by atoms with Crippen LogP contribution in [-0.2, 0) is 25.5 Å². The minimum absolute atomic E-state index is 0.0932. The molecule has 2 aromatic heterocycles. The average Bonchev–Trinajstić information content (AvgIpc) is 3.46. The Balaban J connectivity index is 1.68. The zero-order valence-electron chi connectivity index (χ0n) is 21.6. The summed E-state index contributed by atoms with van der Waals surface area (Å²) < 4.78 is 12.7. The molecule has 0 amide bonds. The third kappa shape index (κ3) is 4.96. The molecular weight excluding hydrogens is 546 g/mol. The molecule has 14 heteroatoms. The third-order valence-electron chi connectivity index (χ3n) is 6.93. The normalized spacial score (nSPS) is 22.8. The van der Waals surface area contributed by atoms with Crippen LogP contribution in [0.3, 0.4) is 0 Å². The van der Waals surface area contributed by atoms with Crippen LogP contribution in [0.15, 0.2) is 36.7 Å². The predicted octanol–water partition coefficient (Wildman–Crippen LogP) is 1.12. The fourth-order valence-electron chi connectivity index (χ4n) is 4.64. The van der Waals surface area contributed by atoms with Crippen LogP contribution >= 0.6 is 11.6 Å². The van der Waals surface area contributed by atoms with Gasteiger partial charge in [-0.15, -0.1) is 6.42 Å². The number of hydrogen-bond acceptors (Lipinski definition) is 10. The zero-order valence-corrected chi connectivity index (χ0v) is 22.4. The molecule has 1 aliphatic heterocycles. The van der Waals surface area contributed by atoms with Crippen molar-refractivity contribution < 1.29 is 39.5 Å². The number of imidazole rings is 1. The molecule has 0 spiro atoms. The molecule has 0 radical (unpaired) electrons. The first kappa shape index (κ1) is 29.2. The first-order valence-electron chi connectivity index (χ1n) is 12.4. The SMILES string of the molecule is C#C[C@@]1(O)[C@@H](COC(Cc2ccccc2)(C(=O)O)C(=O)O)O[C@@H](n2cnc3c(N(CC)CC)nc(Cl)nc32)[C@@H]1O. The highest BCUT2D eigenvalue weighted by molar-refractivity contribution is 6.28. The number of carboxylic acid groups (broad SMARTS) is 2. The molecular formula is C26H28ClN5O8. The van der Waals surface area contributed by atoms with Gasteiger partial charge in [-0.3, -0.25) is 4.57 Å². The number of carboxylic acids is 2. The van der Waals surface area contributed by atoms with Crippen molar-refractivity contribution in [2.45, 2.75) is 49.9 Å². The lowest BCUT2D eigenvalue weighted by Gasteiger charge is -2.30. The Morgan fingerprint density at radius 1 is 1.23 bits per heavy atom. The van der Waals surface area contributed by atoms with E-state index in [1.807, 2.05) is 18.7 Å². The molecule has 1 aromatic carbocycles. The van der Waals surface area contributed by atoms with Crippen LogP contribution < -0.4 is 4.90 Å². The fourth-order valence-corrected chi connectivity index (χ4v) is 4.80. The Labute approximate surface area is 234 Å². The van der Waals surface area contributed by atoms with E-state index in [-0.39, 0.29) is 10.9 Å². The second-order valence-electron chi connectivity index (χ2n) is 9.15. The number of carbonyl (C=O) groups is 2. The van der Waals surface area contributed by atoms with E-state index in [9.17, 15) is 30.0 Å². The van der Waals surface area contributed by atoms with Crippen LogP contribution in [0, 0.1) is 12.3 Å². The lowest BCUT2D eigenvalue weighted by Crippen LogP contribution is -2.55. The number of hydrogen-bond donors (Lipinski definition) is 4. The van der Waals surface area contributed by atoms with Crippen LogP contribution in [0.1, 0.15) is 25.6 Å². The van der Waals surface area contributed by atoms with Gasteiger partial charge in [-0.25, -0.2) is 14.6 Å². The van der Waals surface area contributed by atoms with E-state index in [2.05, 4.69) is 20.9 Å². The van der Waals surface area contributed by atoms with Gasteiger partial charge in [0.1, 0.15) is 12.2 Å². The van der Waals surface area contributed by atoms with Crippen LogP contribution in [0.5, 0.6) is 0 Å². The molecule has 0 unspecified atom stereocenters. The number of aliphatic hydroxyl groups excluding tert-OH is 1.